The van der Waals surface area contributed by atoms with Gasteiger partial charge < -0.3 is 9.88 Å². The van der Waals surface area contributed by atoms with Gasteiger partial charge >= 0.3 is 0 Å². The molecule has 1 aromatic heterocycles. The maximum Gasteiger partial charge on any atom is 0.231 e. The molecule has 1 unspecified atom stereocenters. The molecule has 140 valence electrons. The Morgan fingerprint density at radius 2 is 1.96 bits per heavy atom. The van der Waals surface area contributed by atoms with Crippen LogP contribution in [0.4, 0.5) is 0 Å². The van der Waals surface area contributed by atoms with E-state index in [1.807, 2.05) is 54.1 Å². The van der Waals surface area contributed by atoms with Crippen molar-refractivity contribution in [1.82, 2.24) is 14.9 Å². The summed E-state index contributed by atoms with van der Waals surface area (Å²) in [6.45, 7) is 1.50. The molecule has 0 bridgehead atoms. The molecule has 5 nitrogen and oxygen atoms in total. The molecule has 7 heteroatoms. The maximum atomic E-state index is 12.4. The minimum atomic E-state index is -0.528. The van der Waals surface area contributed by atoms with Gasteiger partial charge in [-0.05, 0) is 37.1 Å². The molecule has 0 fully saturated rings. The van der Waals surface area contributed by atoms with E-state index < -0.39 is 6.04 Å². The Hall–Kier alpha value is -2.31. The highest BCUT2D eigenvalue weighted by molar-refractivity contribution is 7.99. The van der Waals surface area contributed by atoms with Crippen molar-refractivity contribution in [2.45, 2.75) is 24.5 Å². The molecular formula is C20H20ClN3O2S. The minimum Gasteiger partial charge on any atom is -0.345 e. The third kappa shape index (κ3) is 4.90. The second-order valence-electron chi connectivity index (χ2n) is 6.30. The highest BCUT2D eigenvalue weighted by atomic mass is 35.5. The van der Waals surface area contributed by atoms with E-state index in [2.05, 4.69) is 10.3 Å². The molecule has 3 rings (SSSR count). The van der Waals surface area contributed by atoms with E-state index in [0.717, 1.165) is 21.8 Å². The number of thioether (sulfide) groups is 1. The molecular weight excluding hydrogens is 382 g/mol. The Balaban J connectivity index is 1.63. The predicted molar refractivity (Wildman–Crippen MR) is 109 cm³/mol. The Morgan fingerprint density at radius 1 is 1.22 bits per heavy atom. The van der Waals surface area contributed by atoms with Gasteiger partial charge in [0.2, 0.25) is 5.91 Å². The number of hydrogen-bond acceptors (Lipinski definition) is 4. The fourth-order valence-electron chi connectivity index (χ4n) is 2.79. The van der Waals surface area contributed by atoms with Gasteiger partial charge in [-0.15, -0.1) is 0 Å². The number of aryl methyl sites for hydroxylation is 1. The van der Waals surface area contributed by atoms with Crippen LogP contribution in [-0.4, -0.2) is 33.0 Å². The number of halogens is 1. The molecule has 0 saturated heterocycles. The summed E-state index contributed by atoms with van der Waals surface area (Å²) < 4.78 is 1.93. The summed E-state index contributed by atoms with van der Waals surface area (Å²) in [5, 5.41) is 4.18. The normalized spacial score (nSPS) is 12.1. The van der Waals surface area contributed by atoms with Gasteiger partial charge in [0.05, 0.1) is 22.8 Å². The molecule has 1 heterocycles. The zero-order valence-electron chi connectivity index (χ0n) is 15.1. The number of amides is 1. The van der Waals surface area contributed by atoms with E-state index in [4.69, 9.17) is 11.6 Å². The average molecular weight is 402 g/mol. The van der Waals surface area contributed by atoms with Crippen LogP contribution in [0.2, 0.25) is 5.02 Å². The zero-order chi connectivity index (χ0) is 19.4. The molecule has 1 atom stereocenters. The van der Waals surface area contributed by atoms with Crippen LogP contribution in [0.3, 0.4) is 0 Å². The number of benzene rings is 2. The highest BCUT2D eigenvalue weighted by Gasteiger charge is 2.18. The van der Waals surface area contributed by atoms with Crippen LogP contribution in [0.25, 0.3) is 11.0 Å². The first-order valence-corrected chi connectivity index (χ1v) is 9.89. The van der Waals surface area contributed by atoms with Crippen LogP contribution in [0.5, 0.6) is 0 Å². The number of Topliss-reactive ketones (excluding diaryl/α,β-unsaturated/α-hetero) is 1. The van der Waals surface area contributed by atoms with Crippen molar-refractivity contribution in [2.24, 2.45) is 7.05 Å². The van der Waals surface area contributed by atoms with Crippen LogP contribution in [0.15, 0.2) is 53.7 Å². The minimum absolute atomic E-state index is 0.0606. The summed E-state index contributed by atoms with van der Waals surface area (Å²) in [5.41, 5.74) is 2.75. The van der Waals surface area contributed by atoms with Crippen molar-refractivity contribution in [2.75, 3.05) is 5.75 Å². The van der Waals surface area contributed by atoms with Crippen LogP contribution in [0, 0.1) is 0 Å². The van der Waals surface area contributed by atoms with Crippen molar-refractivity contribution in [3.63, 3.8) is 0 Å². The monoisotopic (exact) mass is 401 g/mol. The lowest BCUT2D eigenvalue weighted by Crippen LogP contribution is -2.42. The van der Waals surface area contributed by atoms with E-state index in [1.54, 1.807) is 6.07 Å². The lowest BCUT2D eigenvalue weighted by Gasteiger charge is -2.16. The fraction of sp³-hybridized carbons (Fsp3) is 0.250. The number of aromatic nitrogens is 2. The Labute approximate surface area is 167 Å². The molecule has 2 aromatic carbocycles. The van der Waals surface area contributed by atoms with Gasteiger partial charge in [0, 0.05) is 12.1 Å². The average Bonchev–Trinajstić information content (AvgIpc) is 2.95. The van der Waals surface area contributed by atoms with Gasteiger partial charge in [-0.3, -0.25) is 9.59 Å². The van der Waals surface area contributed by atoms with Crippen molar-refractivity contribution in [3.8, 4) is 0 Å². The van der Waals surface area contributed by atoms with Crippen LogP contribution < -0.4 is 5.32 Å². The quantitative estimate of drug-likeness (QED) is 0.614. The van der Waals surface area contributed by atoms with Crippen LogP contribution >= 0.6 is 23.4 Å². The fourth-order valence-corrected chi connectivity index (χ4v) is 3.76. The number of carbonyl (C=O) groups excluding carboxylic acids is 2. The van der Waals surface area contributed by atoms with Crippen molar-refractivity contribution in [1.29, 1.82) is 0 Å². The van der Waals surface area contributed by atoms with Gasteiger partial charge in [-0.2, -0.15) is 0 Å². The SMILES string of the molecule is CC(=O)C(Cc1ccccc1)NC(=O)CSc1nc2cc(Cl)ccc2n1C. The lowest BCUT2D eigenvalue weighted by atomic mass is 10.0. The standard InChI is InChI=1S/C20H20ClN3O2S/c1-13(25)16(10-14-6-4-3-5-7-14)22-19(26)12-27-20-23-17-11-15(21)8-9-18(17)24(20)2/h3-9,11,16H,10,12H2,1-2H3,(H,22,26). The Kier molecular flexibility index (Phi) is 6.19. The first kappa shape index (κ1) is 19.5. The molecule has 0 saturated carbocycles. The summed E-state index contributed by atoms with van der Waals surface area (Å²) in [7, 11) is 1.90. The zero-order valence-corrected chi connectivity index (χ0v) is 16.7. The smallest absolute Gasteiger partial charge is 0.231 e. The van der Waals surface area contributed by atoms with Crippen LogP contribution in [0.1, 0.15) is 12.5 Å². The third-order valence-electron chi connectivity index (χ3n) is 4.24. The number of hydrogen-bond donors (Lipinski definition) is 1. The van der Waals surface area contributed by atoms with E-state index in [-0.39, 0.29) is 17.4 Å². The number of fused-ring (bicyclic) bond motifs is 1. The van der Waals surface area contributed by atoms with Gasteiger partial charge in [-0.25, -0.2) is 4.98 Å². The van der Waals surface area contributed by atoms with Gasteiger partial charge in [0.1, 0.15) is 0 Å². The van der Waals surface area contributed by atoms with Gasteiger partial charge in [-0.1, -0.05) is 53.7 Å². The summed E-state index contributed by atoms with van der Waals surface area (Å²) >= 11 is 7.34. The van der Waals surface area contributed by atoms with Gasteiger partial charge in [0.25, 0.3) is 0 Å². The summed E-state index contributed by atoms with van der Waals surface area (Å²) in [6, 6.07) is 14.6. The molecule has 0 radical (unpaired) electrons. The summed E-state index contributed by atoms with van der Waals surface area (Å²) in [5.74, 6) is -0.0699. The largest absolute Gasteiger partial charge is 0.345 e. The highest BCUT2D eigenvalue weighted by Crippen LogP contribution is 2.25. The molecule has 0 aliphatic rings. The molecule has 3 aromatic rings. The van der Waals surface area contributed by atoms with E-state index >= 15 is 0 Å². The predicted octanol–water partition coefficient (Wildman–Crippen LogP) is 3.64. The second kappa shape index (κ2) is 8.59. The topological polar surface area (TPSA) is 64.0 Å². The number of nitrogens with one attached hydrogen (secondary N) is 1. The number of rotatable bonds is 7. The van der Waals surface area contributed by atoms with Crippen molar-refractivity contribution < 1.29 is 9.59 Å². The third-order valence-corrected chi connectivity index (χ3v) is 5.51. The maximum absolute atomic E-state index is 12.4. The number of nitrogens with zero attached hydrogens (tertiary/aromatic N) is 2. The number of carbonyl (C=O) groups is 2. The second-order valence-corrected chi connectivity index (χ2v) is 7.67. The van der Waals surface area contributed by atoms with E-state index in [1.165, 1.54) is 18.7 Å². The van der Waals surface area contributed by atoms with E-state index in [0.29, 0.717) is 11.4 Å². The van der Waals surface area contributed by atoms with E-state index in [9.17, 15) is 9.59 Å². The molecule has 27 heavy (non-hydrogen) atoms. The lowest BCUT2D eigenvalue weighted by molar-refractivity contribution is -0.125. The first-order valence-electron chi connectivity index (χ1n) is 8.52. The van der Waals surface area contributed by atoms with Gasteiger partial charge in [0.15, 0.2) is 10.9 Å². The molecule has 1 amide bonds. The van der Waals surface area contributed by atoms with Crippen molar-refractivity contribution in [3.05, 3.63) is 59.1 Å². The molecule has 1 N–H and O–H groups in total. The van der Waals surface area contributed by atoms with Crippen LogP contribution in [-0.2, 0) is 23.1 Å². The Bertz CT molecular complexity index is 972. The number of imidazole rings is 1. The molecule has 0 spiro atoms. The summed E-state index contributed by atoms with van der Waals surface area (Å²) in [6.07, 6.45) is 0.484. The molecule has 0 aliphatic heterocycles. The van der Waals surface area contributed by atoms with Crippen molar-refractivity contribution >= 4 is 46.1 Å². The first-order chi connectivity index (χ1) is 12.9. The summed E-state index contributed by atoms with van der Waals surface area (Å²) in [4.78, 5) is 28.8. The number of ketones is 1. The Morgan fingerprint density at radius 3 is 2.67 bits per heavy atom. The molecule has 0 aliphatic carbocycles.